The standard InChI is InChI=1S/C18H15NO3S/c20-17(19-12-13-23-18(19)21)11-10-14-6-4-5-9-16(14)22-15-7-2-1-3-8-15/h1-11H,12-13H2/b11-10+. The normalized spacial score (nSPS) is 14.4. The van der Waals surface area contributed by atoms with Gasteiger partial charge in [0.15, 0.2) is 0 Å². The molecule has 3 rings (SSSR count). The van der Waals surface area contributed by atoms with Crippen LogP contribution in [-0.4, -0.2) is 28.3 Å². The van der Waals surface area contributed by atoms with Gasteiger partial charge in [-0.3, -0.25) is 14.5 Å². The molecule has 0 bridgehead atoms. The van der Waals surface area contributed by atoms with Crippen LogP contribution in [0.4, 0.5) is 4.79 Å². The molecule has 0 spiro atoms. The van der Waals surface area contributed by atoms with Gasteiger partial charge < -0.3 is 4.74 Å². The van der Waals surface area contributed by atoms with Gasteiger partial charge in [-0.1, -0.05) is 48.2 Å². The zero-order valence-corrected chi connectivity index (χ0v) is 13.2. The monoisotopic (exact) mass is 325 g/mol. The Morgan fingerprint density at radius 3 is 2.57 bits per heavy atom. The van der Waals surface area contributed by atoms with Crippen molar-refractivity contribution in [2.24, 2.45) is 0 Å². The maximum absolute atomic E-state index is 12.1. The molecule has 0 unspecified atom stereocenters. The Hall–Kier alpha value is -2.53. The van der Waals surface area contributed by atoms with E-state index in [-0.39, 0.29) is 11.1 Å². The number of benzene rings is 2. The lowest BCUT2D eigenvalue weighted by Gasteiger charge is -2.10. The van der Waals surface area contributed by atoms with Crippen molar-refractivity contribution >= 4 is 29.0 Å². The first-order valence-electron chi connectivity index (χ1n) is 7.22. The molecular formula is C18H15NO3S. The number of carbonyl (C=O) groups excluding carboxylic acids is 2. The largest absolute Gasteiger partial charge is 0.457 e. The molecule has 1 fully saturated rings. The Labute approximate surface area is 138 Å². The number of imide groups is 1. The van der Waals surface area contributed by atoms with Crippen molar-refractivity contribution in [1.82, 2.24) is 4.90 Å². The smallest absolute Gasteiger partial charge is 0.288 e. The minimum atomic E-state index is -0.297. The van der Waals surface area contributed by atoms with Crippen LogP contribution in [0.25, 0.3) is 6.08 Å². The molecule has 116 valence electrons. The highest BCUT2D eigenvalue weighted by Gasteiger charge is 2.25. The number of para-hydroxylation sites is 2. The summed E-state index contributed by atoms with van der Waals surface area (Å²) < 4.78 is 5.84. The molecule has 1 aliphatic heterocycles. The van der Waals surface area contributed by atoms with Crippen molar-refractivity contribution < 1.29 is 14.3 Å². The van der Waals surface area contributed by atoms with Crippen molar-refractivity contribution in [3.63, 3.8) is 0 Å². The van der Waals surface area contributed by atoms with Crippen LogP contribution in [0.15, 0.2) is 60.7 Å². The topological polar surface area (TPSA) is 46.6 Å². The van der Waals surface area contributed by atoms with Gasteiger partial charge in [0.05, 0.1) is 0 Å². The lowest BCUT2D eigenvalue weighted by Crippen LogP contribution is -2.28. The van der Waals surface area contributed by atoms with Crippen molar-refractivity contribution in [1.29, 1.82) is 0 Å². The number of hydrogen-bond acceptors (Lipinski definition) is 4. The van der Waals surface area contributed by atoms with Gasteiger partial charge >= 0.3 is 0 Å². The number of ether oxygens (including phenoxy) is 1. The second kappa shape index (κ2) is 7.15. The fourth-order valence-corrected chi connectivity index (χ4v) is 2.96. The summed E-state index contributed by atoms with van der Waals surface area (Å²) in [7, 11) is 0. The summed E-state index contributed by atoms with van der Waals surface area (Å²) in [5.41, 5.74) is 0.781. The first kappa shape index (κ1) is 15.4. The van der Waals surface area contributed by atoms with E-state index in [4.69, 9.17) is 4.74 Å². The van der Waals surface area contributed by atoms with Crippen LogP contribution in [0.2, 0.25) is 0 Å². The molecule has 23 heavy (non-hydrogen) atoms. The van der Waals surface area contributed by atoms with E-state index in [2.05, 4.69) is 0 Å². The maximum atomic E-state index is 12.1. The Bertz CT molecular complexity index is 743. The quantitative estimate of drug-likeness (QED) is 0.791. The highest BCUT2D eigenvalue weighted by Crippen LogP contribution is 2.26. The van der Waals surface area contributed by atoms with Crippen LogP contribution in [-0.2, 0) is 4.79 Å². The summed E-state index contributed by atoms with van der Waals surface area (Å²) in [6.07, 6.45) is 3.09. The highest BCUT2D eigenvalue weighted by atomic mass is 32.2. The number of nitrogens with zero attached hydrogens (tertiary/aromatic N) is 1. The van der Waals surface area contributed by atoms with Gasteiger partial charge in [-0.05, 0) is 24.3 Å². The van der Waals surface area contributed by atoms with Crippen molar-refractivity contribution in [3.05, 3.63) is 66.2 Å². The van der Waals surface area contributed by atoms with Gasteiger partial charge in [-0.15, -0.1) is 0 Å². The second-order valence-electron chi connectivity index (χ2n) is 4.89. The molecule has 0 radical (unpaired) electrons. The molecule has 2 aromatic carbocycles. The lowest BCUT2D eigenvalue weighted by atomic mass is 10.2. The van der Waals surface area contributed by atoms with Crippen LogP contribution < -0.4 is 4.74 Å². The van der Waals surface area contributed by atoms with E-state index in [0.29, 0.717) is 18.0 Å². The Morgan fingerprint density at radius 1 is 1.09 bits per heavy atom. The van der Waals surface area contributed by atoms with Crippen molar-refractivity contribution in [2.75, 3.05) is 12.3 Å². The highest BCUT2D eigenvalue weighted by molar-refractivity contribution is 8.13. The third kappa shape index (κ3) is 3.81. The zero-order valence-electron chi connectivity index (χ0n) is 12.3. The predicted molar refractivity (Wildman–Crippen MR) is 91.6 cm³/mol. The Balaban J connectivity index is 1.76. The van der Waals surface area contributed by atoms with E-state index in [9.17, 15) is 9.59 Å². The molecule has 2 amide bonds. The third-order valence-electron chi connectivity index (χ3n) is 3.32. The average Bonchev–Trinajstić information content (AvgIpc) is 3.01. The number of rotatable bonds is 4. The fraction of sp³-hybridized carbons (Fsp3) is 0.111. The molecule has 0 N–H and O–H groups in total. The van der Waals surface area contributed by atoms with Crippen LogP contribution in [0.5, 0.6) is 11.5 Å². The van der Waals surface area contributed by atoms with Crippen molar-refractivity contribution in [2.45, 2.75) is 0 Å². The van der Waals surface area contributed by atoms with Gasteiger partial charge in [-0.25, -0.2) is 0 Å². The van der Waals surface area contributed by atoms with Crippen LogP contribution in [0, 0.1) is 0 Å². The van der Waals surface area contributed by atoms with Gasteiger partial charge in [0.1, 0.15) is 11.5 Å². The SMILES string of the molecule is O=C(/C=C/c1ccccc1Oc1ccccc1)N1CCSC1=O. The van der Waals surface area contributed by atoms with E-state index in [1.54, 1.807) is 6.08 Å². The summed E-state index contributed by atoms with van der Waals surface area (Å²) in [5, 5.41) is -0.187. The summed E-state index contributed by atoms with van der Waals surface area (Å²) in [4.78, 5) is 24.9. The van der Waals surface area contributed by atoms with E-state index in [0.717, 1.165) is 11.3 Å². The summed E-state index contributed by atoms with van der Waals surface area (Å²) in [6.45, 7) is 0.467. The van der Waals surface area contributed by atoms with E-state index in [1.165, 1.54) is 22.7 Å². The summed E-state index contributed by atoms with van der Waals surface area (Å²) in [5.74, 6) is 1.75. The molecular weight excluding hydrogens is 310 g/mol. The van der Waals surface area contributed by atoms with E-state index in [1.807, 2.05) is 54.6 Å². The third-order valence-corrected chi connectivity index (χ3v) is 4.18. The summed E-state index contributed by atoms with van der Waals surface area (Å²) in [6, 6.07) is 16.9. The number of hydrogen-bond donors (Lipinski definition) is 0. The molecule has 0 aliphatic carbocycles. The van der Waals surface area contributed by atoms with Crippen LogP contribution in [0.1, 0.15) is 5.56 Å². The molecule has 1 aliphatic rings. The molecule has 5 heteroatoms. The number of amides is 2. The molecule has 1 saturated heterocycles. The van der Waals surface area contributed by atoms with Gasteiger partial charge in [0, 0.05) is 23.9 Å². The fourth-order valence-electron chi connectivity index (χ4n) is 2.17. The minimum Gasteiger partial charge on any atom is -0.457 e. The Kier molecular flexibility index (Phi) is 4.78. The molecule has 1 heterocycles. The van der Waals surface area contributed by atoms with Crippen LogP contribution in [0.3, 0.4) is 0 Å². The average molecular weight is 325 g/mol. The van der Waals surface area contributed by atoms with E-state index >= 15 is 0 Å². The van der Waals surface area contributed by atoms with Gasteiger partial charge in [0.2, 0.25) is 0 Å². The minimum absolute atomic E-state index is 0.187. The molecule has 2 aromatic rings. The molecule has 0 atom stereocenters. The van der Waals surface area contributed by atoms with Crippen LogP contribution >= 0.6 is 11.8 Å². The molecule has 0 aromatic heterocycles. The van der Waals surface area contributed by atoms with Gasteiger partial charge in [0.25, 0.3) is 11.1 Å². The lowest BCUT2D eigenvalue weighted by molar-refractivity contribution is -0.122. The maximum Gasteiger partial charge on any atom is 0.288 e. The van der Waals surface area contributed by atoms with E-state index < -0.39 is 0 Å². The van der Waals surface area contributed by atoms with Gasteiger partial charge in [-0.2, -0.15) is 0 Å². The number of carbonyl (C=O) groups is 2. The Morgan fingerprint density at radius 2 is 1.83 bits per heavy atom. The second-order valence-corrected chi connectivity index (χ2v) is 5.94. The first-order valence-corrected chi connectivity index (χ1v) is 8.21. The first-order chi connectivity index (χ1) is 11.2. The molecule has 4 nitrogen and oxygen atoms in total. The van der Waals surface area contributed by atoms with Crippen molar-refractivity contribution in [3.8, 4) is 11.5 Å². The zero-order chi connectivity index (χ0) is 16.1. The number of thioether (sulfide) groups is 1. The summed E-state index contributed by atoms with van der Waals surface area (Å²) >= 11 is 1.17. The molecule has 0 saturated carbocycles. The predicted octanol–water partition coefficient (Wildman–Crippen LogP) is 4.19.